The van der Waals surface area contributed by atoms with Crippen LogP contribution in [0.5, 0.6) is 5.75 Å². The fourth-order valence-electron chi connectivity index (χ4n) is 8.42. The van der Waals surface area contributed by atoms with Crippen molar-refractivity contribution in [3.05, 3.63) is 69.0 Å². The summed E-state index contributed by atoms with van der Waals surface area (Å²) in [5.41, 5.74) is 1.92. The summed E-state index contributed by atoms with van der Waals surface area (Å²) in [7, 11) is 3.37. The maximum Gasteiger partial charge on any atom is 0.415 e. The van der Waals surface area contributed by atoms with E-state index in [-0.39, 0.29) is 66.1 Å². The van der Waals surface area contributed by atoms with Crippen LogP contribution in [-0.4, -0.2) is 102 Å². The van der Waals surface area contributed by atoms with Gasteiger partial charge in [0, 0.05) is 66.2 Å². The normalized spacial score (nSPS) is 22.7. The van der Waals surface area contributed by atoms with E-state index in [4.69, 9.17) is 14.5 Å². The maximum absolute atomic E-state index is 13.8. The zero-order valence-electron chi connectivity index (χ0n) is 30.6. The number of cyclic esters (lactones) is 1. The third-order valence-corrected chi connectivity index (χ3v) is 13.9. The SMILES string of the molecule is CCc1c2c(nc3ccc(OC(=O)N4CCN(C(=O)CCCCCN5C(=O)C=CC5=O)[C@H]5CSSC[C@@H]54)cc13)-c1cc3c(c(=O)n1C2)COC(=O)[C@]3(O)CC. The Bertz CT molecular complexity index is 2220. The Morgan fingerprint density at radius 3 is 2.42 bits per heavy atom. The monoisotopic (exact) mass is 787 g/mol. The van der Waals surface area contributed by atoms with Gasteiger partial charge in [-0.05, 0) is 55.5 Å². The number of fused-ring (bicyclic) bond motifs is 6. The zero-order valence-corrected chi connectivity index (χ0v) is 32.2. The van der Waals surface area contributed by atoms with E-state index in [1.165, 1.54) is 17.1 Å². The quantitative estimate of drug-likeness (QED) is 0.113. The first-order chi connectivity index (χ1) is 26.5. The average molecular weight is 788 g/mol. The highest BCUT2D eigenvalue weighted by Gasteiger charge is 2.46. The minimum absolute atomic E-state index is 0.0413. The van der Waals surface area contributed by atoms with Gasteiger partial charge < -0.3 is 28.9 Å². The van der Waals surface area contributed by atoms with Gasteiger partial charge in [0.2, 0.25) is 5.91 Å². The van der Waals surface area contributed by atoms with Crippen LogP contribution < -0.4 is 10.3 Å². The molecule has 7 heterocycles. The Morgan fingerprint density at radius 1 is 0.964 bits per heavy atom. The molecule has 55 heavy (non-hydrogen) atoms. The summed E-state index contributed by atoms with van der Waals surface area (Å²) in [5.74, 6) is 0.398. The summed E-state index contributed by atoms with van der Waals surface area (Å²) in [6, 6.07) is 6.66. The molecular weight excluding hydrogens is 747 g/mol. The number of unbranched alkanes of at least 4 members (excludes halogenated alkanes) is 2. The molecule has 3 aromatic rings. The molecule has 5 aliphatic rings. The number of pyridine rings is 2. The number of piperazine rings is 1. The summed E-state index contributed by atoms with van der Waals surface area (Å²) in [6.07, 6.45) is 5.10. The van der Waals surface area contributed by atoms with E-state index in [9.17, 15) is 33.9 Å². The van der Waals surface area contributed by atoms with Gasteiger partial charge in [0.15, 0.2) is 5.60 Å². The van der Waals surface area contributed by atoms with Gasteiger partial charge in [0.25, 0.3) is 17.4 Å². The standard InChI is InChI=1S/C39H41N5O9S2/c1-3-23-24-16-22(9-10-28(24)40-35-25(23)18-44-29(35)17-27-26(36(44)48)19-52-37(49)39(27,51)4-2)53-38(50)42-15-14-41(30-20-54-55-21-31(30)42)32(45)8-6-5-7-13-43-33(46)11-12-34(43)47/h9-12,16-17,30-31,51H,3-8,13-15,18-21H2,1-2H3/t30-,31-,39-/m0/s1. The number of amides is 4. The molecule has 5 aliphatic heterocycles. The van der Waals surface area contributed by atoms with Crippen molar-refractivity contribution in [1.29, 1.82) is 0 Å². The molecule has 0 saturated carbocycles. The van der Waals surface area contributed by atoms with Crippen LogP contribution in [0.25, 0.3) is 22.3 Å². The molecule has 16 heteroatoms. The number of benzene rings is 1. The van der Waals surface area contributed by atoms with E-state index < -0.39 is 17.7 Å². The van der Waals surface area contributed by atoms with E-state index in [0.717, 1.165) is 16.5 Å². The fraction of sp³-hybridized carbons (Fsp3) is 0.462. The molecule has 0 radical (unpaired) electrons. The molecule has 8 rings (SSSR count). The largest absolute Gasteiger partial charge is 0.458 e. The minimum atomic E-state index is -1.91. The summed E-state index contributed by atoms with van der Waals surface area (Å²) >= 11 is 0. The van der Waals surface area contributed by atoms with Crippen molar-refractivity contribution in [3.63, 3.8) is 0 Å². The molecule has 1 aromatic carbocycles. The molecule has 2 fully saturated rings. The van der Waals surface area contributed by atoms with Crippen LogP contribution in [0.15, 0.2) is 41.2 Å². The molecular formula is C39H41N5O9S2. The Morgan fingerprint density at radius 2 is 1.69 bits per heavy atom. The number of aliphatic hydroxyl groups is 1. The van der Waals surface area contributed by atoms with Gasteiger partial charge in [-0.25, -0.2) is 14.6 Å². The van der Waals surface area contributed by atoms with Crippen molar-refractivity contribution in [3.8, 4) is 17.1 Å². The number of aromatic nitrogens is 2. The van der Waals surface area contributed by atoms with Gasteiger partial charge in [-0.1, -0.05) is 41.9 Å². The molecule has 14 nitrogen and oxygen atoms in total. The lowest BCUT2D eigenvalue weighted by molar-refractivity contribution is -0.172. The topological polar surface area (TPSA) is 169 Å². The highest BCUT2D eigenvalue weighted by Crippen LogP contribution is 2.41. The van der Waals surface area contributed by atoms with E-state index in [1.807, 2.05) is 17.9 Å². The van der Waals surface area contributed by atoms with Crippen molar-refractivity contribution in [2.45, 2.75) is 83.2 Å². The first kappa shape index (κ1) is 37.3. The predicted octanol–water partition coefficient (Wildman–Crippen LogP) is 3.90. The van der Waals surface area contributed by atoms with Crippen LogP contribution >= 0.6 is 21.6 Å². The summed E-state index contributed by atoms with van der Waals surface area (Å²) in [6.45, 7) is 4.84. The van der Waals surface area contributed by atoms with E-state index in [1.54, 1.807) is 56.2 Å². The van der Waals surface area contributed by atoms with Crippen LogP contribution in [-0.2, 0) is 49.1 Å². The van der Waals surface area contributed by atoms with Gasteiger partial charge in [0.05, 0.1) is 41.1 Å². The Kier molecular flexibility index (Phi) is 10.0. The van der Waals surface area contributed by atoms with Crippen LogP contribution in [0, 0.1) is 0 Å². The smallest absolute Gasteiger partial charge is 0.415 e. The predicted molar refractivity (Wildman–Crippen MR) is 205 cm³/mol. The van der Waals surface area contributed by atoms with Crippen LogP contribution in [0.3, 0.4) is 0 Å². The van der Waals surface area contributed by atoms with E-state index >= 15 is 0 Å². The second-order valence-electron chi connectivity index (χ2n) is 14.4. The van der Waals surface area contributed by atoms with Gasteiger partial charge in [-0.15, -0.1) is 0 Å². The van der Waals surface area contributed by atoms with Crippen LogP contribution in [0.4, 0.5) is 4.79 Å². The molecule has 2 saturated heterocycles. The number of rotatable bonds is 9. The van der Waals surface area contributed by atoms with Gasteiger partial charge >= 0.3 is 12.1 Å². The number of ether oxygens (including phenoxy) is 2. The van der Waals surface area contributed by atoms with Crippen LogP contribution in [0.2, 0.25) is 0 Å². The number of carbonyl (C=O) groups excluding carboxylic acids is 5. The number of imide groups is 1. The number of nitrogens with zero attached hydrogens (tertiary/aromatic N) is 5. The minimum Gasteiger partial charge on any atom is -0.458 e. The number of esters is 1. The summed E-state index contributed by atoms with van der Waals surface area (Å²) in [4.78, 5) is 86.9. The molecule has 0 aliphatic carbocycles. The second-order valence-corrected chi connectivity index (χ2v) is 16.9. The average Bonchev–Trinajstić information content (AvgIpc) is 3.72. The lowest BCUT2D eigenvalue weighted by Gasteiger charge is -2.48. The third kappa shape index (κ3) is 6.41. The van der Waals surface area contributed by atoms with Gasteiger partial charge in [0.1, 0.15) is 12.4 Å². The molecule has 2 aromatic heterocycles. The number of aryl methyl sites for hydroxylation is 1. The van der Waals surface area contributed by atoms with Crippen molar-refractivity contribution in [2.24, 2.45) is 0 Å². The highest BCUT2D eigenvalue weighted by atomic mass is 33.1. The molecule has 3 atom stereocenters. The van der Waals surface area contributed by atoms with E-state index in [0.29, 0.717) is 85.9 Å². The lowest BCUT2D eigenvalue weighted by atomic mass is 9.86. The Hall–Kier alpha value is -4.67. The molecule has 0 bridgehead atoms. The van der Waals surface area contributed by atoms with Crippen molar-refractivity contribution in [1.82, 2.24) is 24.3 Å². The first-order valence-corrected chi connectivity index (χ1v) is 21.2. The van der Waals surface area contributed by atoms with Crippen molar-refractivity contribution < 1.29 is 38.6 Å². The number of hydrogen-bond acceptors (Lipinski definition) is 12. The Labute approximate surface area is 324 Å². The summed E-state index contributed by atoms with van der Waals surface area (Å²) in [5, 5.41) is 12.0. The highest BCUT2D eigenvalue weighted by molar-refractivity contribution is 8.76. The first-order valence-electron chi connectivity index (χ1n) is 18.7. The third-order valence-electron chi connectivity index (χ3n) is 11.5. The van der Waals surface area contributed by atoms with Gasteiger partial charge in [-0.2, -0.15) is 0 Å². The van der Waals surface area contributed by atoms with Gasteiger partial charge in [-0.3, -0.25) is 24.1 Å². The molecule has 0 spiro atoms. The number of carbonyl (C=O) groups is 5. The molecule has 288 valence electrons. The molecule has 0 unspecified atom stereocenters. The Balaban J connectivity index is 0.965. The van der Waals surface area contributed by atoms with Crippen molar-refractivity contribution in [2.75, 3.05) is 31.1 Å². The molecule has 1 N–H and O–H groups in total. The fourth-order valence-corrected chi connectivity index (χ4v) is 11.1. The molecule has 4 amide bonds. The van der Waals surface area contributed by atoms with Crippen molar-refractivity contribution >= 4 is 62.3 Å². The number of hydrogen-bond donors (Lipinski definition) is 1. The summed E-state index contributed by atoms with van der Waals surface area (Å²) < 4.78 is 12.8. The zero-order chi connectivity index (χ0) is 38.6. The van der Waals surface area contributed by atoms with Crippen LogP contribution in [0.1, 0.15) is 68.2 Å². The maximum atomic E-state index is 13.8. The second kappa shape index (κ2) is 14.8. The van der Waals surface area contributed by atoms with E-state index in [2.05, 4.69) is 0 Å². The lowest BCUT2D eigenvalue weighted by Crippen LogP contribution is -2.65.